The molecule has 24 heavy (non-hydrogen) atoms. The van der Waals surface area contributed by atoms with E-state index in [0.29, 0.717) is 0 Å². The van der Waals surface area contributed by atoms with Gasteiger partial charge in [-0.2, -0.15) is 0 Å². The molecule has 0 aliphatic heterocycles. The van der Waals surface area contributed by atoms with Gasteiger partial charge in [-0.3, -0.25) is 4.99 Å². The molecule has 0 heterocycles. The molecule has 0 aromatic carbocycles. The molecule has 0 aromatic heterocycles. The summed E-state index contributed by atoms with van der Waals surface area (Å²) in [6, 6.07) is 0. The first-order chi connectivity index (χ1) is 11.8. The second kappa shape index (κ2) is 16.7. The lowest BCUT2D eigenvalue weighted by molar-refractivity contribution is 0.268. The third-order valence-electron chi connectivity index (χ3n) is 4.44. The number of hydrogen-bond acceptors (Lipinski definition) is 2. The lowest BCUT2D eigenvalue weighted by atomic mass is 10.0. The minimum Gasteiger partial charge on any atom is -0.303 e. The molecule has 1 saturated carbocycles. The van der Waals surface area contributed by atoms with Crippen LogP contribution in [0.2, 0.25) is 0 Å². The molecule has 0 atom stereocenters. The van der Waals surface area contributed by atoms with E-state index in [1.165, 1.54) is 57.3 Å². The Morgan fingerprint density at radius 1 is 1.12 bits per heavy atom. The number of allylic oxidation sites excluding steroid dienone is 4. The fraction of sp³-hybridized carbons (Fsp3) is 0.682. The monoisotopic (exact) mass is 332 g/mol. The van der Waals surface area contributed by atoms with E-state index in [4.69, 9.17) is 0 Å². The molecule has 138 valence electrons. The molecule has 0 amide bonds. The van der Waals surface area contributed by atoms with Crippen LogP contribution in [0.3, 0.4) is 0 Å². The molecule has 1 fully saturated rings. The van der Waals surface area contributed by atoms with Crippen molar-refractivity contribution in [2.24, 2.45) is 10.9 Å². The number of hydrogen-bond donors (Lipinski definition) is 0. The van der Waals surface area contributed by atoms with Gasteiger partial charge < -0.3 is 4.90 Å². The van der Waals surface area contributed by atoms with Crippen LogP contribution in [-0.4, -0.2) is 30.7 Å². The average molecular weight is 333 g/mol. The maximum atomic E-state index is 4.28. The Bertz CT molecular complexity index is 385. The first-order valence-corrected chi connectivity index (χ1v) is 9.96. The number of aliphatic imine (C=N–C) groups is 1. The van der Waals surface area contributed by atoms with E-state index in [-0.39, 0.29) is 0 Å². The summed E-state index contributed by atoms with van der Waals surface area (Å²) >= 11 is 0. The first-order valence-electron chi connectivity index (χ1n) is 9.96. The zero-order valence-corrected chi connectivity index (χ0v) is 16.8. The lowest BCUT2D eigenvalue weighted by Crippen LogP contribution is -2.26. The van der Waals surface area contributed by atoms with E-state index < -0.39 is 0 Å². The molecular formula is C22H40N2. The highest BCUT2D eigenvalue weighted by atomic mass is 15.1. The largest absolute Gasteiger partial charge is 0.303 e. The van der Waals surface area contributed by atoms with Crippen LogP contribution in [0.4, 0.5) is 0 Å². The summed E-state index contributed by atoms with van der Waals surface area (Å²) in [7, 11) is 0. The van der Waals surface area contributed by atoms with Crippen molar-refractivity contribution in [3.05, 3.63) is 36.1 Å². The molecule has 0 bridgehead atoms. The summed E-state index contributed by atoms with van der Waals surface area (Å²) in [5.41, 5.74) is 1.25. The van der Waals surface area contributed by atoms with Crippen LogP contribution in [0.15, 0.2) is 41.1 Å². The Hall–Kier alpha value is -1.15. The van der Waals surface area contributed by atoms with Gasteiger partial charge in [0, 0.05) is 19.0 Å². The Labute approximate surface area is 151 Å². The van der Waals surface area contributed by atoms with Gasteiger partial charge in [0.2, 0.25) is 0 Å². The summed E-state index contributed by atoms with van der Waals surface area (Å²) in [4.78, 5) is 6.87. The van der Waals surface area contributed by atoms with Crippen molar-refractivity contribution >= 4 is 6.21 Å². The number of nitrogens with zero attached hydrogens (tertiary/aromatic N) is 2. The van der Waals surface area contributed by atoms with Gasteiger partial charge in [0.05, 0.1) is 0 Å². The SMILES string of the molecule is C/C=C/C=C/N=C\C(C)=C/CCN(CC)CCC1CCCC1.CC. The molecule has 0 radical (unpaired) electrons. The van der Waals surface area contributed by atoms with Gasteiger partial charge in [0.1, 0.15) is 0 Å². The van der Waals surface area contributed by atoms with Gasteiger partial charge >= 0.3 is 0 Å². The van der Waals surface area contributed by atoms with Crippen LogP contribution >= 0.6 is 0 Å². The van der Waals surface area contributed by atoms with Crippen LogP contribution in [0, 0.1) is 5.92 Å². The Morgan fingerprint density at radius 3 is 2.46 bits per heavy atom. The first kappa shape index (κ1) is 22.9. The van der Waals surface area contributed by atoms with Crippen molar-refractivity contribution in [2.75, 3.05) is 19.6 Å². The van der Waals surface area contributed by atoms with Gasteiger partial charge in [-0.1, -0.05) is 64.7 Å². The fourth-order valence-corrected chi connectivity index (χ4v) is 2.99. The van der Waals surface area contributed by atoms with Gasteiger partial charge in [-0.15, -0.1) is 0 Å². The van der Waals surface area contributed by atoms with Gasteiger partial charge in [0.25, 0.3) is 0 Å². The summed E-state index contributed by atoms with van der Waals surface area (Å²) in [6.45, 7) is 14.0. The fourth-order valence-electron chi connectivity index (χ4n) is 2.99. The van der Waals surface area contributed by atoms with E-state index in [1.807, 2.05) is 51.4 Å². The molecule has 2 nitrogen and oxygen atoms in total. The molecule has 1 aliphatic rings. The van der Waals surface area contributed by atoms with E-state index in [2.05, 4.69) is 29.8 Å². The molecule has 1 rings (SSSR count). The topological polar surface area (TPSA) is 15.6 Å². The average Bonchev–Trinajstić information content (AvgIpc) is 3.13. The maximum Gasteiger partial charge on any atom is 0.0293 e. The molecule has 1 aliphatic carbocycles. The summed E-state index contributed by atoms with van der Waals surface area (Å²) < 4.78 is 0. The standard InChI is InChI=1S/C20H34N2.C2H6/c1-4-6-9-15-21-18-19(3)11-10-16-22(5-2)17-14-20-12-7-8-13-20;1-2/h4,6,9,11,15,18,20H,5,7-8,10,12-14,16-17H2,1-3H3;1-2H3/b6-4+,15-9+,19-11-,21-18-;. The van der Waals surface area contributed by atoms with E-state index in [9.17, 15) is 0 Å². The predicted molar refractivity (Wildman–Crippen MR) is 111 cm³/mol. The molecule has 0 saturated heterocycles. The Morgan fingerprint density at radius 2 is 1.83 bits per heavy atom. The molecule has 2 heteroatoms. The van der Waals surface area contributed by atoms with Crippen LogP contribution in [0.5, 0.6) is 0 Å². The highest BCUT2D eigenvalue weighted by Crippen LogP contribution is 2.27. The normalized spacial score (nSPS) is 16.7. The van der Waals surface area contributed by atoms with Crippen LogP contribution in [-0.2, 0) is 0 Å². The lowest BCUT2D eigenvalue weighted by Gasteiger charge is -2.21. The van der Waals surface area contributed by atoms with Crippen molar-refractivity contribution in [1.82, 2.24) is 4.90 Å². The Kier molecular flexibility index (Phi) is 15.9. The predicted octanol–water partition coefficient (Wildman–Crippen LogP) is 6.41. The second-order valence-electron chi connectivity index (χ2n) is 6.26. The zero-order valence-electron chi connectivity index (χ0n) is 16.8. The van der Waals surface area contributed by atoms with Crippen LogP contribution < -0.4 is 0 Å². The summed E-state index contributed by atoms with van der Waals surface area (Å²) in [5.74, 6) is 1.00. The minimum absolute atomic E-state index is 1.00. The minimum atomic E-state index is 1.00. The van der Waals surface area contributed by atoms with Crippen molar-refractivity contribution in [2.45, 2.75) is 73.1 Å². The zero-order chi connectivity index (χ0) is 18.0. The number of rotatable bonds is 10. The summed E-state index contributed by atoms with van der Waals surface area (Å²) in [5, 5.41) is 0. The van der Waals surface area contributed by atoms with Gasteiger partial charge in [0.15, 0.2) is 0 Å². The quantitative estimate of drug-likeness (QED) is 0.333. The van der Waals surface area contributed by atoms with Crippen molar-refractivity contribution in [3.63, 3.8) is 0 Å². The van der Waals surface area contributed by atoms with Crippen LogP contribution in [0.1, 0.15) is 73.1 Å². The maximum absolute atomic E-state index is 4.28. The third kappa shape index (κ3) is 12.3. The smallest absolute Gasteiger partial charge is 0.0293 e. The molecular weight excluding hydrogens is 292 g/mol. The van der Waals surface area contributed by atoms with Crippen molar-refractivity contribution in [1.29, 1.82) is 0 Å². The van der Waals surface area contributed by atoms with Gasteiger partial charge in [-0.05, 0) is 57.3 Å². The van der Waals surface area contributed by atoms with E-state index >= 15 is 0 Å². The van der Waals surface area contributed by atoms with E-state index in [0.717, 1.165) is 12.3 Å². The van der Waals surface area contributed by atoms with Gasteiger partial charge in [-0.25, -0.2) is 0 Å². The molecule has 0 unspecified atom stereocenters. The van der Waals surface area contributed by atoms with Crippen LogP contribution in [0.25, 0.3) is 0 Å². The second-order valence-corrected chi connectivity index (χ2v) is 6.26. The molecule has 0 aromatic rings. The van der Waals surface area contributed by atoms with Crippen molar-refractivity contribution < 1.29 is 0 Å². The van der Waals surface area contributed by atoms with E-state index in [1.54, 1.807) is 0 Å². The molecule has 0 spiro atoms. The highest BCUT2D eigenvalue weighted by molar-refractivity contribution is 5.78. The highest BCUT2D eigenvalue weighted by Gasteiger charge is 2.15. The Balaban J connectivity index is 0.00000254. The molecule has 0 N–H and O–H groups in total. The van der Waals surface area contributed by atoms with Crippen molar-refractivity contribution in [3.8, 4) is 0 Å². The third-order valence-corrected chi connectivity index (χ3v) is 4.44. The summed E-state index contributed by atoms with van der Waals surface area (Å²) in [6.07, 6.45) is 20.4.